The van der Waals surface area contributed by atoms with Gasteiger partial charge in [-0.05, 0) is 18.6 Å². The van der Waals surface area contributed by atoms with Crippen molar-refractivity contribution in [1.29, 1.82) is 0 Å². The lowest BCUT2D eigenvalue weighted by Crippen LogP contribution is -1.72. The van der Waals surface area contributed by atoms with Gasteiger partial charge in [0.2, 0.25) is 0 Å². The van der Waals surface area contributed by atoms with Gasteiger partial charge < -0.3 is 5.11 Å². The monoisotopic (exact) mass is 141 g/mol. The van der Waals surface area contributed by atoms with Gasteiger partial charge in [0.05, 0.1) is 5.02 Å². The van der Waals surface area contributed by atoms with E-state index >= 15 is 0 Å². The van der Waals surface area contributed by atoms with Crippen LogP contribution >= 0.6 is 11.6 Å². The Kier molecular flexibility index (Phi) is 1.63. The summed E-state index contributed by atoms with van der Waals surface area (Å²) in [7, 11) is 0. The maximum atomic E-state index is 9.01. The molecule has 0 spiro atoms. The van der Waals surface area contributed by atoms with Crippen LogP contribution in [0.3, 0.4) is 0 Å². The largest absolute Gasteiger partial charge is 0.506 e. The van der Waals surface area contributed by atoms with Crippen LogP contribution in [0, 0.1) is 6.92 Å². The lowest BCUT2D eigenvalue weighted by molar-refractivity contribution is 0.473. The van der Waals surface area contributed by atoms with E-state index in [0.29, 0.717) is 10.6 Å². The molecule has 0 fully saturated rings. The van der Waals surface area contributed by atoms with Gasteiger partial charge >= 0.3 is 0 Å². The fraction of sp³-hybridized carbons (Fsp3) is 0. The minimum Gasteiger partial charge on any atom is -0.506 e. The summed E-state index contributed by atoms with van der Waals surface area (Å²) >= 11 is 5.52. The summed E-state index contributed by atoms with van der Waals surface area (Å²) in [6.45, 7) is 3.55. The Hall–Kier alpha value is -0.690. The molecule has 1 N–H and O–H groups in total. The van der Waals surface area contributed by atoms with Crippen LogP contribution in [0.1, 0.15) is 5.56 Å². The first-order valence-corrected chi connectivity index (χ1v) is 2.89. The van der Waals surface area contributed by atoms with Crippen LogP contribution in [0.4, 0.5) is 0 Å². The Bertz CT molecular complexity index is 200. The molecule has 0 amide bonds. The highest BCUT2D eigenvalue weighted by molar-refractivity contribution is 6.32. The van der Waals surface area contributed by atoms with Gasteiger partial charge in [0.25, 0.3) is 0 Å². The van der Waals surface area contributed by atoms with Gasteiger partial charge in [-0.3, -0.25) is 0 Å². The molecule has 0 unspecified atom stereocenters. The first-order chi connectivity index (χ1) is 4.22. The molecule has 1 aromatic carbocycles. The molecule has 1 nitrogen and oxygen atoms in total. The molecule has 1 aromatic rings. The van der Waals surface area contributed by atoms with E-state index in [1.54, 1.807) is 18.2 Å². The predicted molar refractivity (Wildman–Crippen MR) is 37.6 cm³/mol. The molecule has 0 bridgehead atoms. The van der Waals surface area contributed by atoms with Crippen molar-refractivity contribution in [3.05, 3.63) is 35.7 Å². The summed E-state index contributed by atoms with van der Waals surface area (Å²) in [6, 6.07) is 5.05. The van der Waals surface area contributed by atoms with E-state index in [-0.39, 0.29) is 5.75 Å². The topological polar surface area (TPSA) is 20.2 Å². The lowest BCUT2D eigenvalue weighted by Gasteiger charge is -1.97. The number of rotatable bonds is 0. The molecule has 0 aliphatic heterocycles. The highest BCUT2D eigenvalue weighted by Crippen LogP contribution is 2.25. The fourth-order valence-electron chi connectivity index (χ4n) is 0.560. The Labute approximate surface area is 58.9 Å². The zero-order valence-electron chi connectivity index (χ0n) is 4.76. The van der Waals surface area contributed by atoms with Crippen LogP contribution in [0.15, 0.2) is 18.2 Å². The summed E-state index contributed by atoms with van der Waals surface area (Å²) in [4.78, 5) is 0. The second kappa shape index (κ2) is 2.28. The van der Waals surface area contributed by atoms with Crippen LogP contribution in [-0.4, -0.2) is 5.11 Å². The second-order valence-electron chi connectivity index (χ2n) is 1.75. The zero-order valence-corrected chi connectivity index (χ0v) is 5.52. The van der Waals surface area contributed by atoms with Gasteiger partial charge in [0.15, 0.2) is 0 Å². The van der Waals surface area contributed by atoms with Crippen molar-refractivity contribution in [3.63, 3.8) is 0 Å². The van der Waals surface area contributed by atoms with Crippen molar-refractivity contribution in [2.24, 2.45) is 0 Å². The molecule has 0 aliphatic rings. The van der Waals surface area contributed by atoms with Crippen molar-refractivity contribution in [2.45, 2.75) is 0 Å². The third-order valence-electron chi connectivity index (χ3n) is 1.07. The van der Waals surface area contributed by atoms with E-state index in [9.17, 15) is 0 Å². The van der Waals surface area contributed by atoms with E-state index < -0.39 is 0 Å². The van der Waals surface area contributed by atoms with Crippen LogP contribution in [0.2, 0.25) is 5.02 Å². The van der Waals surface area contributed by atoms with E-state index in [2.05, 4.69) is 6.92 Å². The average Bonchev–Trinajstić information content (AvgIpc) is 1.83. The minimum absolute atomic E-state index is 0.0687. The van der Waals surface area contributed by atoms with Crippen LogP contribution in [-0.2, 0) is 0 Å². The smallest absolute Gasteiger partial charge is 0.137 e. The third kappa shape index (κ3) is 1.16. The molecule has 2 heteroatoms. The summed E-state index contributed by atoms with van der Waals surface area (Å²) in [5.41, 5.74) is 0.558. The van der Waals surface area contributed by atoms with Crippen LogP contribution in [0.5, 0.6) is 5.75 Å². The third-order valence-corrected chi connectivity index (χ3v) is 1.38. The molecule has 0 aromatic heterocycles. The van der Waals surface area contributed by atoms with Crippen LogP contribution in [0.25, 0.3) is 0 Å². The Morgan fingerprint density at radius 3 is 2.56 bits per heavy atom. The standard InChI is InChI=1S/C7H6ClO/c1-5-3-2-4-6(8)7(5)9/h2-4,9H,1H2. The maximum Gasteiger partial charge on any atom is 0.137 e. The highest BCUT2D eigenvalue weighted by atomic mass is 35.5. The molecule has 0 saturated heterocycles. The Morgan fingerprint density at radius 1 is 1.44 bits per heavy atom. The van der Waals surface area contributed by atoms with Gasteiger partial charge in [-0.25, -0.2) is 0 Å². The number of hydrogen-bond acceptors (Lipinski definition) is 1. The zero-order chi connectivity index (χ0) is 6.85. The number of phenolic OH excluding ortho intramolecular Hbond substituents is 1. The molecule has 9 heavy (non-hydrogen) atoms. The van der Waals surface area contributed by atoms with Crippen molar-refractivity contribution < 1.29 is 5.11 Å². The summed E-state index contributed by atoms with van der Waals surface area (Å²) in [6.07, 6.45) is 0. The SMILES string of the molecule is [CH2]c1cccc(Cl)c1O. The molecule has 0 aliphatic carbocycles. The van der Waals surface area contributed by atoms with Crippen molar-refractivity contribution in [1.82, 2.24) is 0 Å². The molecule has 0 heterocycles. The highest BCUT2D eigenvalue weighted by Gasteiger charge is 1.97. The quantitative estimate of drug-likeness (QED) is 0.588. The number of hydrogen-bond donors (Lipinski definition) is 1. The Balaban J connectivity index is 3.25. The van der Waals surface area contributed by atoms with Gasteiger partial charge in [-0.1, -0.05) is 23.7 Å². The molecule has 47 valence electrons. The first kappa shape index (κ1) is 6.43. The normalized spacial score (nSPS) is 9.56. The summed E-state index contributed by atoms with van der Waals surface area (Å²) in [5.74, 6) is 0.0687. The molecule has 0 atom stereocenters. The number of aromatic hydroxyl groups is 1. The van der Waals surface area contributed by atoms with E-state index in [1.165, 1.54) is 0 Å². The van der Waals surface area contributed by atoms with Gasteiger partial charge in [-0.15, -0.1) is 0 Å². The predicted octanol–water partition coefficient (Wildman–Crippen LogP) is 2.23. The van der Waals surface area contributed by atoms with Crippen molar-refractivity contribution >= 4 is 11.6 Å². The summed E-state index contributed by atoms with van der Waals surface area (Å²) in [5, 5.41) is 9.36. The van der Waals surface area contributed by atoms with E-state index in [4.69, 9.17) is 16.7 Å². The molecular weight excluding hydrogens is 136 g/mol. The van der Waals surface area contributed by atoms with E-state index in [1.807, 2.05) is 0 Å². The van der Waals surface area contributed by atoms with Gasteiger partial charge in [0, 0.05) is 0 Å². The Morgan fingerprint density at radius 2 is 2.11 bits per heavy atom. The first-order valence-electron chi connectivity index (χ1n) is 2.51. The van der Waals surface area contributed by atoms with E-state index in [0.717, 1.165) is 0 Å². The maximum absolute atomic E-state index is 9.01. The number of halogens is 1. The van der Waals surface area contributed by atoms with Crippen molar-refractivity contribution in [3.8, 4) is 5.75 Å². The van der Waals surface area contributed by atoms with Crippen LogP contribution < -0.4 is 0 Å². The van der Waals surface area contributed by atoms with Gasteiger partial charge in [-0.2, -0.15) is 0 Å². The number of phenols is 1. The number of para-hydroxylation sites is 1. The number of benzene rings is 1. The molecule has 0 saturated carbocycles. The molecular formula is C7H6ClO. The van der Waals surface area contributed by atoms with Crippen molar-refractivity contribution in [2.75, 3.05) is 0 Å². The second-order valence-corrected chi connectivity index (χ2v) is 2.15. The molecule has 1 radical (unpaired) electrons. The minimum atomic E-state index is 0.0687. The van der Waals surface area contributed by atoms with Gasteiger partial charge in [0.1, 0.15) is 5.75 Å². The average molecular weight is 142 g/mol. The fourth-order valence-corrected chi connectivity index (χ4v) is 0.754. The summed E-state index contributed by atoms with van der Waals surface area (Å²) < 4.78 is 0. The molecule has 1 rings (SSSR count). The lowest BCUT2D eigenvalue weighted by atomic mass is 10.2.